The Hall–Kier alpha value is -2.28. The number of nitrogens with zero attached hydrogens (tertiary/aromatic N) is 3. The van der Waals surface area contributed by atoms with Crippen LogP contribution in [0.1, 0.15) is 37.8 Å². The molecule has 0 bridgehead atoms. The standard InChI is InChI=1S/C16H19ClN4O3/c1-16(2,3)24-15(22)21-8-11-12(9-21)19-14(17)20-13(11)18-7-10-5-4-6-23-10/h4-6H,7-9H2,1-3H3,(H,18,19,20). The molecule has 2 aromatic rings. The average molecular weight is 351 g/mol. The van der Waals surface area contributed by atoms with Gasteiger partial charge in [0.05, 0.1) is 31.6 Å². The first-order valence-corrected chi connectivity index (χ1v) is 7.99. The number of nitrogens with one attached hydrogen (secondary N) is 1. The van der Waals surface area contributed by atoms with Gasteiger partial charge in [0.25, 0.3) is 0 Å². The number of furan rings is 1. The Morgan fingerprint density at radius 1 is 1.42 bits per heavy atom. The van der Waals surface area contributed by atoms with Gasteiger partial charge in [-0.25, -0.2) is 14.8 Å². The van der Waals surface area contributed by atoms with Crippen LogP contribution in [0.25, 0.3) is 0 Å². The molecule has 1 amide bonds. The normalized spacial score (nSPS) is 13.8. The van der Waals surface area contributed by atoms with E-state index >= 15 is 0 Å². The predicted octanol–water partition coefficient (Wildman–Crippen LogP) is 3.59. The van der Waals surface area contributed by atoms with Crippen LogP contribution in [0.15, 0.2) is 22.8 Å². The van der Waals surface area contributed by atoms with Crippen molar-refractivity contribution in [2.45, 2.75) is 46.0 Å². The maximum absolute atomic E-state index is 12.3. The van der Waals surface area contributed by atoms with E-state index in [1.165, 1.54) is 0 Å². The van der Waals surface area contributed by atoms with Gasteiger partial charge in [0.1, 0.15) is 17.2 Å². The van der Waals surface area contributed by atoms with Gasteiger partial charge in [0.2, 0.25) is 5.28 Å². The molecular weight excluding hydrogens is 332 g/mol. The fraction of sp³-hybridized carbons (Fsp3) is 0.438. The number of fused-ring (bicyclic) bond motifs is 1. The molecule has 0 saturated heterocycles. The Kier molecular flexibility index (Phi) is 4.36. The van der Waals surface area contributed by atoms with E-state index in [9.17, 15) is 4.79 Å². The Bertz CT molecular complexity index is 741. The van der Waals surface area contributed by atoms with Gasteiger partial charge in [-0.15, -0.1) is 0 Å². The van der Waals surface area contributed by atoms with E-state index in [2.05, 4.69) is 15.3 Å². The number of rotatable bonds is 3. The van der Waals surface area contributed by atoms with Crippen molar-refractivity contribution in [2.24, 2.45) is 0 Å². The molecular formula is C16H19ClN4O3. The van der Waals surface area contributed by atoms with Crippen molar-refractivity contribution < 1.29 is 13.9 Å². The minimum atomic E-state index is -0.546. The average Bonchev–Trinajstić information content (AvgIpc) is 3.11. The zero-order chi connectivity index (χ0) is 17.3. The number of amides is 1. The predicted molar refractivity (Wildman–Crippen MR) is 88.6 cm³/mol. The molecule has 24 heavy (non-hydrogen) atoms. The summed E-state index contributed by atoms with van der Waals surface area (Å²) in [6, 6.07) is 3.68. The van der Waals surface area contributed by atoms with Crippen LogP contribution in [0.3, 0.4) is 0 Å². The summed E-state index contributed by atoms with van der Waals surface area (Å²) in [6.07, 6.45) is 1.23. The summed E-state index contributed by atoms with van der Waals surface area (Å²) in [5.41, 5.74) is 1.02. The number of anilines is 1. The molecule has 0 saturated carbocycles. The molecule has 1 aliphatic heterocycles. The molecule has 0 spiro atoms. The molecule has 3 rings (SSSR count). The molecule has 0 atom stereocenters. The summed E-state index contributed by atoms with van der Waals surface area (Å²) in [7, 11) is 0. The Balaban J connectivity index is 1.75. The summed E-state index contributed by atoms with van der Waals surface area (Å²) in [5, 5.41) is 3.33. The number of carbonyl (C=O) groups is 1. The molecule has 2 aromatic heterocycles. The molecule has 0 aromatic carbocycles. The van der Waals surface area contributed by atoms with Crippen LogP contribution in [0.5, 0.6) is 0 Å². The van der Waals surface area contributed by atoms with E-state index in [1.807, 2.05) is 32.9 Å². The minimum Gasteiger partial charge on any atom is -0.467 e. The smallest absolute Gasteiger partial charge is 0.410 e. The quantitative estimate of drug-likeness (QED) is 0.852. The third-order valence-electron chi connectivity index (χ3n) is 3.42. The second-order valence-electron chi connectivity index (χ2n) is 6.54. The topological polar surface area (TPSA) is 80.5 Å². The fourth-order valence-corrected chi connectivity index (χ4v) is 2.60. The van der Waals surface area contributed by atoms with Crippen LogP contribution in [0, 0.1) is 0 Å². The molecule has 0 aliphatic carbocycles. The maximum atomic E-state index is 12.3. The van der Waals surface area contributed by atoms with Crippen LogP contribution < -0.4 is 5.32 Å². The lowest BCUT2D eigenvalue weighted by molar-refractivity contribution is 0.0241. The van der Waals surface area contributed by atoms with Gasteiger partial charge >= 0.3 is 6.09 Å². The summed E-state index contributed by atoms with van der Waals surface area (Å²) < 4.78 is 10.7. The molecule has 0 radical (unpaired) electrons. The van der Waals surface area contributed by atoms with Crippen molar-refractivity contribution in [3.8, 4) is 0 Å². The minimum absolute atomic E-state index is 0.140. The molecule has 3 heterocycles. The SMILES string of the molecule is CC(C)(C)OC(=O)N1Cc2nc(Cl)nc(NCc3ccco3)c2C1. The van der Waals surface area contributed by atoms with Crippen LogP contribution >= 0.6 is 11.6 Å². The number of halogens is 1. The highest BCUT2D eigenvalue weighted by atomic mass is 35.5. The highest BCUT2D eigenvalue weighted by molar-refractivity contribution is 6.28. The summed E-state index contributed by atoms with van der Waals surface area (Å²) in [6.45, 7) is 6.70. The van der Waals surface area contributed by atoms with Crippen LogP contribution in [-0.4, -0.2) is 26.6 Å². The van der Waals surface area contributed by atoms with E-state index in [-0.39, 0.29) is 11.4 Å². The summed E-state index contributed by atoms with van der Waals surface area (Å²) in [5.74, 6) is 1.38. The van der Waals surface area contributed by atoms with E-state index < -0.39 is 5.60 Å². The second kappa shape index (κ2) is 6.32. The van der Waals surface area contributed by atoms with Gasteiger partial charge < -0.3 is 14.5 Å². The molecule has 0 unspecified atom stereocenters. The largest absolute Gasteiger partial charge is 0.467 e. The maximum Gasteiger partial charge on any atom is 0.410 e. The number of ether oxygens (including phenoxy) is 1. The van der Waals surface area contributed by atoms with Gasteiger partial charge in [-0.3, -0.25) is 4.90 Å². The van der Waals surface area contributed by atoms with E-state index in [4.69, 9.17) is 20.8 Å². The Labute approximate surface area is 145 Å². The van der Waals surface area contributed by atoms with Crippen molar-refractivity contribution >= 4 is 23.5 Å². The first-order valence-electron chi connectivity index (χ1n) is 7.61. The second-order valence-corrected chi connectivity index (χ2v) is 6.87. The zero-order valence-corrected chi connectivity index (χ0v) is 14.6. The third kappa shape index (κ3) is 3.79. The van der Waals surface area contributed by atoms with Gasteiger partial charge in [-0.05, 0) is 44.5 Å². The number of hydrogen-bond donors (Lipinski definition) is 1. The third-order valence-corrected chi connectivity index (χ3v) is 3.59. The van der Waals surface area contributed by atoms with Crippen LogP contribution in [-0.2, 0) is 24.4 Å². The number of carbonyl (C=O) groups excluding carboxylic acids is 1. The highest BCUT2D eigenvalue weighted by Gasteiger charge is 2.31. The van der Waals surface area contributed by atoms with Crippen LogP contribution in [0.2, 0.25) is 5.28 Å². The lowest BCUT2D eigenvalue weighted by Crippen LogP contribution is -2.33. The zero-order valence-electron chi connectivity index (χ0n) is 13.8. The van der Waals surface area contributed by atoms with E-state index in [1.54, 1.807) is 11.2 Å². The monoisotopic (exact) mass is 350 g/mol. The van der Waals surface area contributed by atoms with Crippen molar-refractivity contribution in [3.05, 3.63) is 40.7 Å². The Morgan fingerprint density at radius 2 is 2.21 bits per heavy atom. The number of aromatic nitrogens is 2. The molecule has 0 fully saturated rings. The lowest BCUT2D eigenvalue weighted by Gasteiger charge is -2.24. The van der Waals surface area contributed by atoms with Crippen molar-refractivity contribution in [2.75, 3.05) is 5.32 Å². The molecule has 1 aliphatic rings. The fourth-order valence-electron chi connectivity index (χ4n) is 2.41. The summed E-state index contributed by atoms with van der Waals surface area (Å²) >= 11 is 6.00. The first kappa shape index (κ1) is 16.6. The highest BCUT2D eigenvalue weighted by Crippen LogP contribution is 2.29. The lowest BCUT2D eigenvalue weighted by atomic mass is 10.2. The van der Waals surface area contributed by atoms with E-state index in [0.29, 0.717) is 25.5 Å². The first-order chi connectivity index (χ1) is 11.3. The van der Waals surface area contributed by atoms with Gasteiger partial charge in [0, 0.05) is 5.56 Å². The molecule has 1 N–H and O–H groups in total. The number of hydrogen-bond acceptors (Lipinski definition) is 6. The van der Waals surface area contributed by atoms with Crippen molar-refractivity contribution in [1.29, 1.82) is 0 Å². The van der Waals surface area contributed by atoms with E-state index in [0.717, 1.165) is 17.0 Å². The van der Waals surface area contributed by atoms with Gasteiger partial charge in [-0.2, -0.15) is 0 Å². The van der Waals surface area contributed by atoms with Gasteiger partial charge in [-0.1, -0.05) is 0 Å². The van der Waals surface area contributed by atoms with Gasteiger partial charge in [0.15, 0.2) is 0 Å². The molecule has 128 valence electrons. The van der Waals surface area contributed by atoms with Crippen molar-refractivity contribution in [3.63, 3.8) is 0 Å². The Morgan fingerprint density at radius 3 is 2.88 bits per heavy atom. The molecule has 8 heteroatoms. The molecule has 7 nitrogen and oxygen atoms in total. The van der Waals surface area contributed by atoms with Crippen molar-refractivity contribution in [1.82, 2.24) is 14.9 Å². The van der Waals surface area contributed by atoms with Crippen LogP contribution in [0.4, 0.5) is 10.6 Å². The summed E-state index contributed by atoms with van der Waals surface area (Å²) in [4.78, 5) is 22.3.